The molecule has 0 aliphatic carbocycles. The van der Waals surface area contributed by atoms with Gasteiger partial charge >= 0.3 is 5.97 Å². The van der Waals surface area contributed by atoms with Crippen LogP contribution in [0.4, 0.5) is 0 Å². The minimum atomic E-state index is -0.392. The second-order valence-corrected chi connectivity index (χ2v) is 4.84. The molecule has 1 aromatic carbocycles. The number of rotatable bonds is 9. The van der Waals surface area contributed by atoms with Gasteiger partial charge in [-0.15, -0.1) is 0 Å². The SMILES string of the molecule is C=CC(=O)OC(C)CCCc1ccc(OC)c(OC)c1OC. The molecule has 0 fully saturated rings. The van der Waals surface area contributed by atoms with Crippen LogP contribution in [0.5, 0.6) is 17.2 Å². The van der Waals surface area contributed by atoms with Gasteiger partial charge in [-0.2, -0.15) is 0 Å². The molecule has 122 valence electrons. The summed E-state index contributed by atoms with van der Waals surface area (Å²) in [6, 6.07) is 3.82. The predicted octanol–water partition coefficient (Wildman–Crippen LogP) is 3.15. The monoisotopic (exact) mass is 308 g/mol. The quantitative estimate of drug-likeness (QED) is 0.518. The summed E-state index contributed by atoms with van der Waals surface area (Å²) in [6.07, 6.45) is 3.44. The minimum Gasteiger partial charge on any atom is -0.493 e. The molecule has 1 rings (SSSR count). The number of hydrogen-bond acceptors (Lipinski definition) is 5. The van der Waals surface area contributed by atoms with E-state index in [1.807, 2.05) is 19.1 Å². The van der Waals surface area contributed by atoms with Crippen LogP contribution in [-0.2, 0) is 16.0 Å². The van der Waals surface area contributed by atoms with Crippen molar-refractivity contribution in [2.24, 2.45) is 0 Å². The van der Waals surface area contributed by atoms with Crippen LogP contribution in [0.1, 0.15) is 25.3 Å². The summed E-state index contributed by atoms with van der Waals surface area (Å²) in [5.74, 6) is 1.51. The fourth-order valence-electron chi connectivity index (χ4n) is 2.25. The van der Waals surface area contributed by atoms with E-state index in [0.717, 1.165) is 24.8 Å². The van der Waals surface area contributed by atoms with Crippen LogP contribution in [0.15, 0.2) is 24.8 Å². The molecule has 0 N–H and O–H groups in total. The zero-order valence-electron chi connectivity index (χ0n) is 13.7. The molecule has 5 heteroatoms. The number of carbonyl (C=O) groups is 1. The first-order valence-corrected chi connectivity index (χ1v) is 7.18. The molecule has 0 spiro atoms. The Labute approximate surface area is 131 Å². The average Bonchev–Trinajstić information content (AvgIpc) is 2.53. The summed E-state index contributed by atoms with van der Waals surface area (Å²) in [4.78, 5) is 11.1. The summed E-state index contributed by atoms with van der Waals surface area (Å²) >= 11 is 0. The molecule has 0 heterocycles. The molecule has 0 radical (unpaired) electrons. The van der Waals surface area contributed by atoms with Gasteiger partial charge < -0.3 is 18.9 Å². The van der Waals surface area contributed by atoms with Gasteiger partial charge in [0.05, 0.1) is 27.4 Å². The third-order valence-corrected chi connectivity index (χ3v) is 3.33. The summed E-state index contributed by atoms with van der Waals surface area (Å²) < 4.78 is 21.2. The van der Waals surface area contributed by atoms with Crippen molar-refractivity contribution in [1.82, 2.24) is 0 Å². The first-order chi connectivity index (χ1) is 10.6. The van der Waals surface area contributed by atoms with E-state index in [0.29, 0.717) is 17.2 Å². The van der Waals surface area contributed by atoms with Crippen LogP contribution in [0, 0.1) is 0 Å². The van der Waals surface area contributed by atoms with Gasteiger partial charge in [0.2, 0.25) is 5.75 Å². The smallest absolute Gasteiger partial charge is 0.330 e. The van der Waals surface area contributed by atoms with Gasteiger partial charge in [0, 0.05) is 6.08 Å². The van der Waals surface area contributed by atoms with Crippen molar-refractivity contribution in [2.45, 2.75) is 32.3 Å². The molecule has 22 heavy (non-hydrogen) atoms. The van der Waals surface area contributed by atoms with Gasteiger partial charge in [-0.1, -0.05) is 12.6 Å². The third kappa shape index (κ3) is 4.69. The standard InChI is InChI=1S/C17H24O5/c1-6-15(18)22-12(2)8-7-9-13-10-11-14(19-3)17(21-5)16(13)20-4/h6,10-12H,1,7-9H2,2-5H3. The topological polar surface area (TPSA) is 54.0 Å². The van der Waals surface area contributed by atoms with Crippen molar-refractivity contribution in [3.05, 3.63) is 30.4 Å². The molecule has 1 atom stereocenters. The Morgan fingerprint density at radius 1 is 1.18 bits per heavy atom. The van der Waals surface area contributed by atoms with Crippen molar-refractivity contribution in [1.29, 1.82) is 0 Å². The number of ether oxygens (including phenoxy) is 4. The van der Waals surface area contributed by atoms with Gasteiger partial charge in [0.1, 0.15) is 0 Å². The molecular formula is C17H24O5. The second-order valence-electron chi connectivity index (χ2n) is 4.84. The lowest BCUT2D eigenvalue weighted by molar-refractivity contribution is -0.142. The number of aryl methyl sites for hydroxylation is 1. The van der Waals surface area contributed by atoms with E-state index in [2.05, 4.69) is 6.58 Å². The Hall–Kier alpha value is -2.17. The molecule has 0 aliphatic heterocycles. The lowest BCUT2D eigenvalue weighted by Crippen LogP contribution is -2.13. The Bertz CT molecular complexity index is 510. The van der Waals surface area contributed by atoms with Crippen molar-refractivity contribution >= 4 is 5.97 Å². The molecular weight excluding hydrogens is 284 g/mol. The summed E-state index contributed by atoms with van der Waals surface area (Å²) in [7, 11) is 4.78. The van der Waals surface area contributed by atoms with E-state index < -0.39 is 5.97 Å². The largest absolute Gasteiger partial charge is 0.493 e. The molecule has 0 amide bonds. The van der Waals surface area contributed by atoms with E-state index in [-0.39, 0.29) is 6.10 Å². The molecule has 1 unspecified atom stereocenters. The number of esters is 1. The van der Waals surface area contributed by atoms with Crippen LogP contribution < -0.4 is 14.2 Å². The second kappa shape index (κ2) is 8.97. The maximum Gasteiger partial charge on any atom is 0.330 e. The number of carbonyl (C=O) groups excluding carboxylic acids is 1. The van der Waals surface area contributed by atoms with Crippen LogP contribution >= 0.6 is 0 Å². The van der Waals surface area contributed by atoms with Gasteiger partial charge in [-0.25, -0.2) is 4.79 Å². The maximum atomic E-state index is 11.1. The van der Waals surface area contributed by atoms with E-state index in [1.165, 1.54) is 6.08 Å². The summed E-state index contributed by atoms with van der Waals surface area (Å²) in [5.41, 5.74) is 1.03. The summed E-state index contributed by atoms with van der Waals surface area (Å²) in [6.45, 7) is 5.25. The molecule has 0 aromatic heterocycles. The normalized spacial score (nSPS) is 11.5. The highest BCUT2D eigenvalue weighted by Crippen LogP contribution is 2.40. The zero-order chi connectivity index (χ0) is 16.5. The van der Waals surface area contributed by atoms with Crippen molar-refractivity contribution in [3.8, 4) is 17.2 Å². The van der Waals surface area contributed by atoms with Crippen LogP contribution in [-0.4, -0.2) is 33.4 Å². The van der Waals surface area contributed by atoms with Gasteiger partial charge in [-0.05, 0) is 37.8 Å². The summed E-state index contributed by atoms with van der Waals surface area (Å²) in [5, 5.41) is 0. The van der Waals surface area contributed by atoms with E-state index in [4.69, 9.17) is 18.9 Å². The number of benzene rings is 1. The Morgan fingerprint density at radius 2 is 1.86 bits per heavy atom. The fraction of sp³-hybridized carbons (Fsp3) is 0.471. The van der Waals surface area contributed by atoms with Crippen molar-refractivity contribution in [3.63, 3.8) is 0 Å². The van der Waals surface area contributed by atoms with Crippen LogP contribution in [0.2, 0.25) is 0 Å². The lowest BCUT2D eigenvalue weighted by Gasteiger charge is -2.16. The fourth-order valence-corrected chi connectivity index (χ4v) is 2.25. The highest BCUT2D eigenvalue weighted by Gasteiger charge is 2.16. The molecule has 0 bridgehead atoms. The highest BCUT2D eigenvalue weighted by molar-refractivity contribution is 5.81. The van der Waals surface area contributed by atoms with E-state index in [1.54, 1.807) is 21.3 Å². The lowest BCUT2D eigenvalue weighted by atomic mass is 10.0. The maximum absolute atomic E-state index is 11.1. The Morgan fingerprint density at radius 3 is 2.41 bits per heavy atom. The van der Waals surface area contributed by atoms with E-state index in [9.17, 15) is 4.79 Å². The minimum absolute atomic E-state index is 0.142. The van der Waals surface area contributed by atoms with Gasteiger partial charge in [-0.3, -0.25) is 0 Å². The molecule has 5 nitrogen and oxygen atoms in total. The molecule has 1 aromatic rings. The third-order valence-electron chi connectivity index (χ3n) is 3.33. The Balaban J connectivity index is 2.70. The van der Waals surface area contributed by atoms with Gasteiger partial charge in [0.25, 0.3) is 0 Å². The van der Waals surface area contributed by atoms with E-state index >= 15 is 0 Å². The first-order valence-electron chi connectivity index (χ1n) is 7.18. The molecule has 0 saturated carbocycles. The van der Waals surface area contributed by atoms with Crippen LogP contribution in [0.25, 0.3) is 0 Å². The number of methoxy groups -OCH3 is 3. The van der Waals surface area contributed by atoms with Gasteiger partial charge in [0.15, 0.2) is 11.5 Å². The van der Waals surface area contributed by atoms with Crippen LogP contribution in [0.3, 0.4) is 0 Å². The Kier molecular flexibility index (Phi) is 7.29. The molecule has 0 aliphatic rings. The highest BCUT2D eigenvalue weighted by atomic mass is 16.5. The molecule has 0 saturated heterocycles. The zero-order valence-corrected chi connectivity index (χ0v) is 13.7. The first kappa shape index (κ1) is 17.9. The van der Waals surface area contributed by atoms with Crippen molar-refractivity contribution < 1.29 is 23.7 Å². The predicted molar refractivity (Wildman–Crippen MR) is 84.8 cm³/mol. The van der Waals surface area contributed by atoms with Crippen molar-refractivity contribution in [2.75, 3.05) is 21.3 Å². The average molecular weight is 308 g/mol. The number of hydrogen-bond donors (Lipinski definition) is 0.